The number of hydrogen-bond acceptors (Lipinski definition) is 5. The Bertz CT molecular complexity index is 540. The van der Waals surface area contributed by atoms with Crippen molar-refractivity contribution in [2.45, 2.75) is 53.4 Å². The molecule has 6 nitrogen and oxygen atoms in total. The van der Waals surface area contributed by atoms with Gasteiger partial charge >= 0.3 is 0 Å². The quantitative estimate of drug-likeness (QED) is 0.808. The summed E-state index contributed by atoms with van der Waals surface area (Å²) in [6.45, 7) is 14.1. The van der Waals surface area contributed by atoms with Crippen LogP contribution < -0.4 is 10.2 Å². The van der Waals surface area contributed by atoms with Gasteiger partial charge in [-0.15, -0.1) is 0 Å². The average Bonchev–Trinajstić information content (AvgIpc) is 2.97. The summed E-state index contributed by atoms with van der Waals surface area (Å²) in [5, 5.41) is 2.97. The van der Waals surface area contributed by atoms with E-state index in [1.54, 1.807) is 0 Å². The zero-order chi connectivity index (χ0) is 17.7. The molecule has 0 aromatic carbocycles. The van der Waals surface area contributed by atoms with E-state index in [-0.39, 0.29) is 17.2 Å². The molecule has 24 heavy (non-hydrogen) atoms. The maximum atomic E-state index is 12.5. The van der Waals surface area contributed by atoms with Gasteiger partial charge in [-0.2, -0.15) is 4.98 Å². The highest BCUT2D eigenvalue weighted by Gasteiger charge is 2.25. The van der Waals surface area contributed by atoms with Gasteiger partial charge in [0.25, 0.3) is 11.9 Å². The number of aromatic nitrogens is 1. The van der Waals surface area contributed by atoms with Gasteiger partial charge in [-0.1, -0.05) is 34.6 Å². The van der Waals surface area contributed by atoms with E-state index in [9.17, 15) is 4.79 Å². The highest BCUT2D eigenvalue weighted by molar-refractivity contribution is 5.92. The minimum atomic E-state index is -0.167. The van der Waals surface area contributed by atoms with Crippen LogP contribution in [-0.4, -0.2) is 43.7 Å². The van der Waals surface area contributed by atoms with Gasteiger partial charge in [-0.05, 0) is 24.2 Å². The fourth-order valence-electron chi connectivity index (χ4n) is 2.66. The Labute approximate surface area is 144 Å². The second kappa shape index (κ2) is 8.01. The molecule has 1 fully saturated rings. The molecule has 0 unspecified atom stereocenters. The van der Waals surface area contributed by atoms with Crippen molar-refractivity contribution in [3.8, 4) is 0 Å². The minimum absolute atomic E-state index is 0.138. The first-order valence-electron chi connectivity index (χ1n) is 8.89. The van der Waals surface area contributed by atoms with Crippen LogP contribution in [0, 0.1) is 5.41 Å². The largest absolute Gasteiger partial charge is 0.418 e. The van der Waals surface area contributed by atoms with E-state index in [1.807, 2.05) is 18.7 Å². The van der Waals surface area contributed by atoms with Crippen molar-refractivity contribution in [2.24, 2.45) is 5.41 Å². The Kier molecular flexibility index (Phi) is 6.27. The maximum absolute atomic E-state index is 12.5. The second-order valence-electron chi connectivity index (χ2n) is 7.89. The first kappa shape index (κ1) is 18.8. The van der Waals surface area contributed by atoms with Crippen molar-refractivity contribution < 1.29 is 13.9 Å². The molecule has 0 aliphatic carbocycles. The van der Waals surface area contributed by atoms with Crippen molar-refractivity contribution in [1.29, 1.82) is 0 Å². The van der Waals surface area contributed by atoms with Gasteiger partial charge in [-0.3, -0.25) is 4.79 Å². The Morgan fingerprint density at radius 3 is 2.54 bits per heavy atom. The molecule has 0 saturated carbocycles. The summed E-state index contributed by atoms with van der Waals surface area (Å²) < 4.78 is 11.2. The molecule has 0 atom stereocenters. The smallest absolute Gasteiger partial charge is 0.298 e. The van der Waals surface area contributed by atoms with E-state index < -0.39 is 0 Å². The van der Waals surface area contributed by atoms with E-state index in [4.69, 9.17) is 9.15 Å². The summed E-state index contributed by atoms with van der Waals surface area (Å²) in [6, 6.07) is 0.529. The fourth-order valence-corrected chi connectivity index (χ4v) is 2.66. The number of morpholine rings is 1. The van der Waals surface area contributed by atoms with Crippen molar-refractivity contribution in [1.82, 2.24) is 10.3 Å². The number of nitrogens with zero attached hydrogens (tertiary/aromatic N) is 2. The minimum Gasteiger partial charge on any atom is -0.418 e. The van der Waals surface area contributed by atoms with Crippen molar-refractivity contribution >= 4 is 11.9 Å². The van der Waals surface area contributed by atoms with Gasteiger partial charge in [0.05, 0.1) is 18.9 Å². The normalized spacial score (nSPS) is 15.8. The molecule has 6 heteroatoms. The van der Waals surface area contributed by atoms with Gasteiger partial charge < -0.3 is 19.4 Å². The Balaban J connectivity index is 2.01. The number of carbonyl (C=O) groups excluding carboxylic acids is 1. The van der Waals surface area contributed by atoms with Crippen LogP contribution in [0.15, 0.2) is 4.42 Å². The molecule has 1 aromatic heterocycles. The SMILES string of the molecule is CC(C)c1nc(N2CCOCC2)oc1C(=O)NCCCC(C)(C)C. The number of amides is 1. The third kappa shape index (κ3) is 5.23. The summed E-state index contributed by atoms with van der Waals surface area (Å²) in [5.74, 6) is 0.320. The number of carbonyl (C=O) groups is 1. The number of hydrogen-bond donors (Lipinski definition) is 1. The number of oxazole rings is 1. The van der Waals surface area contributed by atoms with Gasteiger partial charge in [0.15, 0.2) is 0 Å². The van der Waals surface area contributed by atoms with Crippen LogP contribution in [0.25, 0.3) is 0 Å². The second-order valence-corrected chi connectivity index (χ2v) is 7.89. The van der Waals surface area contributed by atoms with Crippen LogP contribution in [0.3, 0.4) is 0 Å². The molecule has 1 aliphatic heterocycles. The molecule has 1 aliphatic rings. The van der Waals surface area contributed by atoms with Crippen LogP contribution in [-0.2, 0) is 4.74 Å². The molecule has 1 saturated heterocycles. The average molecular weight is 337 g/mol. The third-order valence-corrected chi connectivity index (χ3v) is 4.07. The molecule has 0 bridgehead atoms. The highest BCUT2D eigenvalue weighted by atomic mass is 16.5. The van der Waals surface area contributed by atoms with E-state index in [2.05, 4.69) is 31.1 Å². The first-order chi connectivity index (χ1) is 11.3. The van der Waals surface area contributed by atoms with Gasteiger partial charge in [0, 0.05) is 19.6 Å². The zero-order valence-corrected chi connectivity index (χ0v) is 15.6. The molecule has 1 aromatic rings. The first-order valence-corrected chi connectivity index (χ1v) is 8.89. The van der Waals surface area contributed by atoms with Crippen LogP contribution in [0.1, 0.15) is 69.6 Å². The number of nitrogens with one attached hydrogen (secondary N) is 1. The summed E-state index contributed by atoms with van der Waals surface area (Å²) in [6.07, 6.45) is 2.02. The molecule has 0 spiro atoms. The third-order valence-electron chi connectivity index (χ3n) is 4.07. The summed E-state index contributed by atoms with van der Waals surface area (Å²) in [7, 11) is 0. The number of ether oxygens (including phenoxy) is 1. The molecule has 1 N–H and O–H groups in total. The monoisotopic (exact) mass is 337 g/mol. The zero-order valence-electron chi connectivity index (χ0n) is 15.6. The Hall–Kier alpha value is -1.56. The molecule has 2 rings (SSSR count). The highest BCUT2D eigenvalue weighted by Crippen LogP contribution is 2.26. The standard InChI is InChI=1S/C18H31N3O3/c1-13(2)14-15(16(22)19-8-6-7-18(3,4)5)24-17(20-14)21-9-11-23-12-10-21/h13H,6-12H2,1-5H3,(H,19,22). The molecule has 136 valence electrons. The summed E-state index contributed by atoms with van der Waals surface area (Å²) in [5.41, 5.74) is 1.01. The van der Waals surface area contributed by atoms with Crippen molar-refractivity contribution in [3.63, 3.8) is 0 Å². The Morgan fingerprint density at radius 2 is 1.96 bits per heavy atom. The van der Waals surface area contributed by atoms with Crippen molar-refractivity contribution in [2.75, 3.05) is 37.7 Å². The van der Waals surface area contributed by atoms with Crippen LogP contribution in [0.5, 0.6) is 0 Å². The lowest BCUT2D eigenvalue weighted by Crippen LogP contribution is -2.36. The van der Waals surface area contributed by atoms with Gasteiger partial charge in [-0.25, -0.2) is 0 Å². The van der Waals surface area contributed by atoms with Crippen molar-refractivity contribution in [3.05, 3.63) is 11.5 Å². The molecular weight excluding hydrogens is 306 g/mol. The van der Waals surface area contributed by atoms with E-state index in [0.29, 0.717) is 31.5 Å². The molecule has 2 heterocycles. The van der Waals surface area contributed by atoms with E-state index in [1.165, 1.54) is 0 Å². The van der Waals surface area contributed by atoms with Gasteiger partial charge in [0.1, 0.15) is 0 Å². The fraction of sp³-hybridized carbons (Fsp3) is 0.778. The lowest BCUT2D eigenvalue weighted by Gasteiger charge is -2.24. The number of anilines is 1. The van der Waals surface area contributed by atoms with Crippen LogP contribution in [0.2, 0.25) is 0 Å². The van der Waals surface area contributed by atoms with Crippen LogP contribution in [0.4, 0.5) is 6.01 Å². The van der Waals surface area contributed by atoms with Gasteiger partial charge in [0.2, 0.25) is 5.76 Å². The van der Waals surface area contributed by atoms with E-state index >= 15 is 0 Å². The lowest BCUT2D eigenvalue weighted by molar-refractivity contribution is 0.0921. The maximum Gasteiger partial charge on any atom is 0.298 e. The Morgan fingerprint density at radius 1 is 1.29 bits per heavy atom. The van der Waals surface area contributed by atoms with E-state index in [0.717, 1.165) is 31.6 Å². The topological polar surface area (TPSA) is 67.6 Å². The molecular formula is C18H31N3O3. The summed E-state index contributed by atoms with van der Waals surface area (Å²) >= 11 is 0. The van der Waals surface area contributed by atoms with Crippen LogP contribution >= 0.6 is 0 Å². The summed E-state index contributed by atoms with van der Waals surface area (Å²) in [4.78, 5) is 19.1. The lowest BCUT2D eigenvalue weighted by atomic mass is 9.91. The predicted molar refractivity (Wildman–Crippen MR) is 94.6 cm³/mol. The molecule has 0 radical (unpaired) electrons. The number of rotatable bonds is 6. The predicted octanol–water partition coefficient (Wildman–Crippen LogP) is 3.19. The molecule has 1 amide bonds.